The van der Waals surface area contributed by atoms with Crippen LogP contribution in [0.3, 0.4) is 0 Å². The molecule has 0 amide bonds. The van der Waals surface area contributed by atoms with Gasteiger partial charge in [0, 0.05) is 16.8 Å². The molecule has 5 aliphatic rings. The smallest absolute Gasteiger partial charge is 0.149 e. The maximum absolute atomic E-state index is 6.69. The van der Waals surface area contributed by atoms with Crippen LogP contribution in [0.2, 0.25) is 0 Å². The Hall–Kier alpha value is -3.50. The number of aromatic nitrogens is 2. The number of hydrogen-bond acceptors (Lipinski definition) is 4. The van der Waals surface area contributed by atoms with Gasteiger partial charge in [0.1, 0.15) is 5.82 Å². The highest BCUT2D eigenvalue weighted by molar-refractivity contribution is 5.75. The second-order valence-corrected chi connectivity index (χ2v) is 9.83. The average molecular weight is 461 g/mol. The molecule has 2 saturated carbocycles. The summed E-state index contributed by atoms with van der Waals surface area (Å²) < 4.78 is 0. The molecule has 4 heteroatoms. The summed E-state index contributed by atoms with van der Waals surface area (Å²) in [7, 11) is 0. The molecule has 3 N–H and O–H groups in total. The summed E-state index contributed by atoms with van der Waals surface area (Å²) in [6.07, 6.45) is 24.4. The number of nitrogens with two attached hydrogens (primary N) is 1. The van der Waals surface area contributed by atoms with Crippen LogP contribution >= 0.6 is 0 Å². The van der Waals surface area contributed by atoms with Crippen LogP contribution in [0.4, 0.5) is 5.69 Å². The van der Waals surface area contributed by atoms with Crippen molar-refractivity contribution in [3.8, 4) is 0 Å². The fraction of sp³-hybridized carbons (Fsp3) is 0.290. The summed E-state index contributed by atoms with van der Waals surface area (Å²) in [4.78, 5) is 10.0. The summed E-state index contributed by atoms with van der Waals surface area (Å²) in [5.74, 6) is 2.60. The molecule has 2 fully saturated rings. The molecule has 7 rings (SSSR count). The molecular formula is C31H32N4. The normalized spacial score (nSPS) is 30.2. The van der Waals surface area contributed by atoms with E-state index in [1.165, 1.54) is 17.6 Å². The molecule has 1 aliphatic heterocycles. The minimum atomic E-state index is -0.403. The molecule has 5 unspecified atom stereocenters. The number of benzene rings is 1. The Balaban J connectivity index is 0.00000112. The van der Waals surface area contributed by atoms with Crippen LogP contribution in [0.5, 0.6) is 0 Å². The monoisotopic (exact) mass is 460 g/mol. The third kappa shape index (κ3) is 4.02. The first kappa shape index (κ1) is 22.0. The Morgan fingerprint density at radius 2 is 1.94 bits per heavy atom. The highest BCUT2D eigenvalue weighted by Crippen LogP contribution is 2.57. The number of hydrogen-bond donors (Lipinski definition) is 2. The lowest BCUT2D eigenvalue weighted by molar-refractivity contribution is 0.722. The molecule has 0 radical (unpaired) electrons. The molecule has 176 valence electrons. The van der Waals surface area contributed by atoms with Crippen LogP contribution in [0, 0.1) is 17.8 Å². The Labute approximate surface area is 207 Å². The molecular weight excluding hydrogens is 428 g/mol. The van der Waals surface area contributed by atoms with Gasteiger partial charge in [0.15, 0.2) is 0 Å². The van der Waals surface area contributed by atoms with Crippen LogP contribution in [-0.4, -0.2) is 9.97 Å². The van der Waals surface area contributed by atoms with Gasteiger partial charge in [-0.1, -0.05) is 80.7 Å². The van der Waals surface area contributed by atoms with E-state index in [1.54, 1.807) is 0 Å². The predicted octanol–water partition coefficient (Wildman–Crippen LogP) is 6.50. The van der Waals surface area contributed by atoms with Gasteiger partial charge in [0.25, 0.3) is 0 Å². The molecule has 4 aliphatic carbocycles. The highest BCUT2D eigenvalue weighted by atomic mass is 15.0. The zero-order chi connectivity index (χ0) is 24.0. The molecule has 1 aromatic carbocycles. The van der Waals surface area contributed by atoms with E-state index in [-0.39, 0.29) is 5.41 Å². The topological polar surface area (TPSA) is 63.8 Å². The van der Waals surface area contributed by atoms with Gasteiger partial charge in [-0.2, -0.15) is 0 Å². The summed E-state index contributed by atoms with van der Waals surface area (Å²) in [5.41, 5.74) is 13.2. The van der Waals surface area contributed by atoms with Crippen molar-refractivity contribution in [1.29, 1.82) is 0 Å². The van der Waals surface area contributed by atoms with Crippen molar-refractivity contribution in [2.75, 3.05) is 5.32 Å². The molecule has 4 nitrogen and oxygen atoms in total. The van der Waals surface area contributed by atoms with Crippen LogP contribution in [-0.2, 0) is 5.41 Å². The van der Waals surface area contributed by atoms with Crippen molar-refractivity contribution < 1.29 is 0 Å². The van der Waals surface area contributed by atoms with E-state index in [1.807, 2.05) is 32.1 Å². The first-order valence-electron chi connectivity index (χ1n) is 12.9. The molecule has 0 saturated heterocycles. The van der Waals surface area contributed by atoms with Crippen molar-refractivity contribution in [3.05, 3.63) is 113 Å². The molecule has 2 aromatic rings. The molecule has 2 heterocycles. The number of fused-ring (bicyclic) bond motifs is 3. The molecule has 1 aromatic heterocycles. The second-order valence-electron chi connectivity index (χ2n) is 9.83. The Morgan fingerprint density at radius 3 is 2.80 bits per heavy atom. The first-order chi connectivity index (χ1) is 17.2. The van der Waals surface area contributed by atoms with E-state index in [0.717, 1.165) is 35.1 Å². The van der Waals surface area contributed by atoms with Gasteiger partial charge < -0.3 is 11.1 Å². The van der Waals surface area contributed by atoms with E-state index in [4.69, 9.17) is 15.7 Å². The average Bonchev–Trinajstić information content (AvgIpc) is 3.83. The SMILES string of the molecule is CC.NC(/C=C1/C=Cc2ccccc2N1)c1nc(C2=CC3CC3C=C2)cc(C23C=CC=CC2C3)n1. The van der Waals surface area contributed by atoms with Crippen molar-refractivity contribution in [1.82, 2.24) is 9.97 Å². The maximum atomic E-state index is 6.69. The van der Waals surface area contributed by atoms with Crippen molar-refractivity contribution in [2.45, 2.75) is 38.1 Å². The zero-order valence-corrected chi connectivity index (χ0v) is 20.4. The summed E-state index contributed by atoms with van der Waals surface area (Å²) >= 11 is 0. The Kier molecular flexibility index (Phi) is 5.42. The molecule has 35 heavy (non-hydrogen) atoms. The van der Waals surface area contributed by atoms with Crippen molar-refractivity contribution in [3.63, 3.8) is 0 Å². The second kappa shape index (κ2) is 8.62. The first-order valence-corrected chi connectivity index (χ1v) is 12.9. The van der Waals surface area contributed by atoms with Gasteiger partial charge >= 0.3 is 0 Å². The summed E-state index contributed by atoms with van der Waals surface area (Å²) in [5, 5.41) is 3.48. The highest BCUT2D eigenvalue weighted by Gasteiger charge is 2.54. The Bertz CT molecular complexity index is 1340. The molecule has 0 bridgehead atoms. The predicted molar refractivity (Wildman–Crippen MR) is 144 cm³/mol. The number of nitrogens with one attached hydrogen (secondary N) is 1. The number of anilines is 1. The fourth-order valence-electron chi connectivity index (χ4n) is 5.37. The van der Waals surface area contributed by atoms with Gasteiger partial charge in [-0.3, -0.25) is 0 Å². The fourth-order valence-corrected chi connectivity index (χ4v) is 5.37. The van der Waals surface area contributed by atoms with E-state index in [9.17, 15) is 0 Å². The lowest BCUT2D eigenvalue weighted by atomic mass is 9.93. The third-order valence-corrected chi connectivity index (χ3v) is 7.57. The lowest BCUT2D eigenvalue weighted by Crippen LogP contribution is -2.19. The number of para-hydroxylation sites is 1. The Morgan fingerprint density at radius 1 is 1.06 bits per heavy atom. The van der Waals surface area contributed by atoms with Gasteiger partial charge in [-0.05, 0) is 66.0 Å². The maximum Gasteiger partial charge on any atom is 0.149 e. The number of rotatable bonds is 4. The molecule has 0 spiro atoms. The largest absolute Gasteiger partial charge is 0.355 e. The van der Waals surface area contributed by atoms with Gasteiger partial charge in [-0.15, -0.1) is 0 Å². The van der Waals surface area contributed by atoms with Gasteiger partial charge in [0.05, 0.1) is 17.4 Å². The van der Waals surface area contributed by atoms with Crippen LogP contribution in [0.1, 0.15) is 55.5 Å². The van der Waals surface area contributed by atoms with Crippen molar-refractivity contribution >= 4 is 17.3 Å². The zero-order valence-electron chi connectivity index (χ0n) is 20.4. The molecule has 5 atom stereocenters. The van der Waals surface area contributed by atoms with E-state index in [2.05, 4.69) is 78.2 Å². The van der Waals surface area contributed by atoms with Crippen LogP contribution in [0.15, 0.2) is 90.7 Å². The van der Waals surface area contributed by atoms with Crippen LogP contribution < -0.4 is 11.1 Å². The standard InChI is InChI=1S/C29H26N4.C2H6/c30-24(15-23-11-10-18-5-1-2-7-25(18)31-23)28-32-26(20-9-8-19-13-21(19)14-20)16-27(33-28)29-12-4-3-6-22(29)17-29;1-2/h1-12,14-16,19,21-22,24,31H,13,17,30H2;1-2H3/b23-15-;. The van der Waals surface area contributed by atoms with Crippen molar-refractivity contribution in [2.24, 2.45) is 23.5 Å². The summed E-state index contributed by atoms with van der Waals surface area (Å²) in [6, 6.07) is 10.1. The van der Waals surface area contributed by atoms with Gasteiger partial charge in [0.2, 0.25) is 0 Å². The quantitative estimate of drug-likeness (QED) is 0.547. The van der Waals surface area contributed by atoms with E-state index >= 15 is 0 Å². The number of allylic oxidation sites excluding steroid dienone is 9. The van der Waals surface area contributed by atoms with E-state index in [0.29, 0.717) is 17.7 Å². The van der Waals surface area contributed by atoms with Crippen LogP contribution in [0.25, 0.3) is 11.6 Å². The van der Waals surface area contributed by atoms with Gasteiger partial charge in [-0.25, -0.2) is 9.97 Å². The number of nitrogens with zero attached hydrogens (tertiary/aromatic N) is 2. The lowest BCUT2D eigenvalue weighted by Gasteiger charge is -2.20. The minimum absolute atomic E-state index is 0.00294. The third-order valence-electron chi connectivity index (χ3n) is 7.57. The minimum Gasteiger partial charge on any atom is -0.355 e. The summed E-state index contributed by atoms with van der Waals surface area (Å²) in [6.45, 7) is 4.00. The van der Waals surface area contributed by atoms with E-state index < -0.39 is 6.04 Å².